The molecule has 0 N–H and O–H groups in total. The lowest BCUT2D eigenvalue weighted by atomic mass is 10.2. The Balaban J connectivity index is 1.76. The van der Waals surface area contributed by atoms with Crippen LogP contribution in [0.2, 0.25) is 0 Å². The number of rotatable bonds is 3. The number of aromatic nitrogens is 2. The summed E-state index contributed by atoms with van der Waals surface area (Å²) >= 11 is 0.777. The predicted molar refractivity (Wildman–Crippen MR) is 102 cm³/mol. The van der Waals surface area contributed by atoms with Gasteiger partial charge in [-0.15, -0.1) is 0 Å². The highest BCUT2D eigenvalue weighted by molar-refractivity contribution is 8.14. The molecule has 0 atom stereocenters. The first-order valence-corrected chi connectivity index (χ1v) is 9.10. The molecule has 0 spiro atoms. The molecule has 4 aromatic rings. The summed E-state index contributed by atoms with van der Waals surface area (Å²) in [4.78, 5) is 30.0. The Morgan fingerprint density at radius 1 is 0.786 bits per heavy atom. The summed E-state index contributed by atoms with van der Waals surface area (Å²) in [5, 5.41) is -0.187. The monoisotopic (exact) mass is 394 g/mol. The Morgan fingerprint density at radius 2 is 1.36 bits per heavy atom. The molecular formula is C21H12F2N2O2S. The maximum Gasteiger partial charge on any atom is 0.264 e. The van der Waals surface area contributed by atoms with Gasteiger partial charge in [0.25, 0.3) is 5.91 Å². The van der Waals surface area contributed by atoms with Crippen molar-refractivity contribution in [2.45, 2.75) is 5.16 Å². The molecule has 4 rings (SSSR count). The number of benzene rings is 3. The van der Waals surface area contributed by atoms with E-state index in [1.165, 1.54) is 53.1 Å². The van der Waals surface area contributed by atoms with E-state index in [-0.39, 0.29) is 15.8 Å². The first-order chi connectivity index (χ1) is 13.5. The van der Waals surface area contributed by atoms with E-state index >= 15 is 0 Å². The molecule has 0 fully saturated rings. The molecule has 0 radical (unpaired) electrons. The highest BCUT2D eigenvalue weighted by Crippen LogP contribution is 2.28. The van der Waals surface area contributed by atoms with Crippen LogP contribution in [0.1, 0.15) is 20.7 Å². The van der Waals surface area contributed by atoms with Crippen LogP contribution in [0.5, 0.6) is 0 Å². The molecule has 0 saturated heterocycles. The molecule has 1 aromatic heterocycles. The fourth-order valence-corrected chi connectivity index (χ4v) is 3.55. The van der Waals surface area contributed by atoms with E-state index in [0.717, 1.165) is 11.8 Å². The smallest absolute Gasteiger partial charge is 0.264 e. The fraction of sp³-hybridized carbons (Fsp3) is 0. The van der Waals surface area contributed by atoms with Crippen molar-refractivity contribution in [2.75, 3.05) is 0 Å². The zero-order valence-electron chi connectivity index (χ0n) is 14.3. The number of para-hydroxylation sites is 2. The van der Waals surface area contributed by atoms with Gasteiger partial charge in [0.2, 0.25) is 5.12 Å². The minimum atomic E-state index is -0.451. The summed E-state index contributed by atoms with van der Waals surface area (Å²) < 4.78 is 27.6. The van der Waals surface area contributed by atoms with E-state index < -0.39 is 17.5 Å². The van der Waals surface area contributed by atoms with Crippen molar-refractivity contribution < 1.29 is 18.4 Å². The van der Waals surface area contributed by atoms with Crippen LogP contribution in [0.4, 0.5) is 8.78 Å². The predicted octanol–water partition coefficient (Wildman–Crippen LogP) is 4.94. The van der Waals surface area contributed by atoms with Gasteiger partial charge in [-0.05, 0) is 72.4 Å². The van der Waals surface area contributed by atoms with Crippen LogP contribution in [-0.2, 0) is 0 Å². The Labute approximate surface area is 162 Å². The van der Waals surface area contributed by atoms with E-state index in [2.05, 4.69) is 4.98 Å². The SMILES string of the molecule is O=C(Sc1nc2ccccc2n1C(=O)c1ccc(F)cc1)c1ccc(F)cc1. The maximum absolute atomic E-state index is 13.2. The van der Waals surface area contributed by atoms with Gasteiger partial charge in [0.15, 0.2) is 5.16 Å². The van der Waals surface area contributed by atoms with Gasteiger partial charge in [0.1, 0.15) is 11.6 Å². The second-order valence-corrected chi connectivity index (χ2v) is 6.87. The molecule has 1 heterocycles. The van der Waals surface area contributed by atoms with Gasteiger partial charge < -0.3 is 0 Å². The van der Waals surface area contributed by atoms with Crippen molar-refractivity contribution in [1.29, 1.82) is 0 Å². The molecule has 28 heavy (non-hydrogen) atoms. The van der Waals surface area contributed by atoms with Crippen LogP contribution >= 0.6 is 11.8 Å². The van der Waals surface area contributed by atoms with Crippen molar-refractivity contribution in [3.05, 3.63) is 95.6 Å². The molecule has 0 saturated carbocycles. The standard InChI is InChI=1S/C21H12F2N2O2S/c22-15-9-5-13(6-10-15)19(26)25-18-4-2-1-3-17(18)24-21(25)28-20(27)14-7-11-16(23)12-8-14/h1-12H. The van der Waals surface area contributed by atoms with Gasteiger partial charge in [-0.2, -0.15) is 0 Å². The summed E-state index contributed by atoms with van der Waals surface area (Å²) in [6.07, 6.45) is 0. The molecule has 7 heteroatoms. The zero-order chi connectivity index (χ0) is 19.7. The average Bonchev–Trinajstić information content (AvgIpc) is 3.06. The zero-order valence-corrected chi connectivity index (χ0v) is 15.1. The number of nitrogens with zero attached hydrogens (tertiary/aromatic N) is 2. The fourth-order valence-electron chi connectivity index (χ4n) is 2.72. The summed E-state index contributed by atoms with van der Waals surface area (Å²) in [5.41, 5.74) is 1.64. The topological polar surface area (TPSA) is 52.0 Å². The van der Waals surface area contributed by atoms with Crippen LogP contribution in [0.25, 0.3) is 11.0 Å². The quantitative estimate of drug-likeness (QED) is 0.462. The van der Waals surface area contributed by atoms with Crippen molar-refractivity contribution in [2.24, 2.45) is 0 Å². The molecule has 0 aliphatic rings. The number of imidazole rings is 1. The summed E-state index contributed by atoms with van der Waals surface area (Å²) in [7, 11) is 0. The van der Waals surface area contributed by atoms with Crippen molar-refractivity contribution in [1.82, 2.24) is 9.55 Å². The Hall–Kier alpha value is -3.32. The Morgan fingerprint density at radius 3 is 2.00 bits per heavy atom. The molecule has 3 aromatic carbocycles. The average molecular weight is 394 g/mol. The third kappa shape index (κ3) is 3.44. The van der Waals surface area contributed by atoms with E-state index in [0.29, 0.717) is 16.6 Å². The lowest BCUT2D eigenvalue weighted by Crippen LogP contribution is -2.14. The number of hydrogen-bond acceptors (Lipinski definition) is 4. The highest BCUT2D eigenvalue weighted by Gasteiger charge is 2.21. The lowest BCUT2D eigenvalue weighted by Gasteiger charge is -2.07. The normalized spacial score (nSPS) is 10.9. The Bertz CT molecular complexity index is 1190. The van der Waals surface area contributed by atoms with Gasteiger partial charge in [-0.1, -0.05) is 12.1 Å². The van der Waals surface area contributed by atoms with E-state index in [1.807, 2.05) is 0 Å². The molecular weight excluding hydrogens is 382 g/mol. The van der Waals surface area contributed by atoms with Crippen LogP contribution in [0.3, 0.4) is 0 Å². The van der Waals surface area contributed by atoms with E-state index in [1.54, 1.807) is 24.3 Å². The summed E-state index contributed by atoms with van der Waals surface area (Å²) in [5.74, 6) is -1.32. The second-order valence-electron chi connectivity index (χ2n) is 5.93. The van der Waals surface area contributed by atoms with Gasteiger partial charge in [-0.25, -0.2) is 13.8 Å². The van der Waals surface area contributed by atoms with Crippen LogP contribution in [-0.4, -0.2) is 20.6 Å². The number of carbonyl (C=O) groups is 2. The summed E-state index contributed by atoms with van der Waals surface area (Å²) in [6, 6.07) is 17.3. The van der Waals surface area contributed by atoms with Gasteiger partial charge in [-0.3, -0.25) is 14.2 Å². The maximum atomic E-state index is 13.2. The largest absolute Gasteiger partial charge is 0.281 e. The first-order valence-electron chi connectivity index (χ1n) is 8.28. The van der Waals surface area contributed by atoms with Crippen molar-refractivity contribution in [3.63, 3.8) is 0 Å². The number of thioether (sulfide) groups is 1. The number of carbonyl (C=O) groups excluding carboxylic acids is 2. The molecule has 138 valence electrons. The number of hydrogen-bond donors (Lipinski definition) is 0. The molecule has 0 aliphatic carbocycles. The van der Waals surface area contributed by atoms with Crippen LogP contribution < -0.4 is 0 Å². The summed E-state index contributed by atoms with van der Waals surface area (Å²) in [6.45, 7) is 0. The minimum absolute atomic E-state index is 0.185. The molecule has 0 aliphatic heterocycles. The first kappa shape index (κ1) is 18.1. The third-order valence-corrected chi connectivity index (χ3v) is 4.97. The highest BCUT2D eigenvalue weighted by atomic mass is 32.2. The second kappa shape index (κ2) is 7.36. The minimum Gasteiger partial charge on any atom is -0.281 e. The molecule has 0 amide bonds. The van der Waals surface area contributed by atoms with Gasteiger partial charge >= 0.3 is 0 Å². The van der Waals surface area contributed by atoms with E-state index in [9.17, 15) is 18.4 Å². The lowest BCUT2D eigenvalue weighted by molar-refractivity contribution is 0.0955. The third-order valence-electron chi connectivity index (χ3n) is 4.09. The van der Waals surface area contributed by atoms with Gasteiger partial charge in [0.05, 0.1) is 11.0 Å². The molecule has 0 unspecified atom stereocenters. The molecule has 4 nitrogen and oxygen atoms in total. The van der Waals surface area contributed by atoms with Crippen LogP contribution in [0, 0.1) is 11.6 Å². The molecule has 0 bridgehead atoms. The number of fused-ring (bicyclic) bond motifs is 1. The van der Waals surface area contributed by atoms with Crippen molar-refractivity contribution >= 4 is 33.8 Å². The van der Waals surface area contributed by atoms with Crippen molar-refractivity contribution in [3.8, 4) is 0 Å². The van der Waals surface area contributed by atoms with Gasteiger partial charge in [0, 0.05) is 11.1 Å². The Kier molecular flexibility index (Phi) is 4.75. The van der Waals surface area contributed by atoms with Crippen LogP contribution in [0.15, 0.2) is 78.0 Å². The van der Waals surface area contributed by atoms with E-state index in [4.69, 9.17) is 0 Å². The number of halogens is 2.